The Bertz CT molecular complexity index is 744. The summed E-state index contributed by atoms with van der Waals surface area (Å²) in [6.07, 6.45) is 9.57. The molecule has 4 rings (SSSR count). The molecule has 1 saturated heterocycles. The molecule has 0 aromatic carbocycles. The molecular formula is C18H26N6OS. The number of amides is 1. The number of aryl methyl sites for hydroxylation is 1. The van der Waals surface area contributed by atoms with E-state index in [0.29, 0.717) is 16.8 Å². The number of imidazole rings is 1. The first kappa shape index (κ1) is 17.6. The molecule has 7 nitrogen and oxygen atoms in total. The lowest BCUT2D eigenvalue weighted by Crippen LogP contribution is -2.39. The van der Waals surface area contributed by atoms with Gasteiger partial charge in [0, 0.05) is 44.4 Å². The first-order valence-electron chi connectivity index (χ1n) is 9.55. The van der Waals surface area contributed by atoms with E-state index in [2.05, 4.69) is 30.9 Å². The summed E-state index contributed by atoms with van der Waals surface area (Å²) in [5, 5.41) is 7.68. The largest absolute Gasteiger partial charge is 0.342 e. The van der Waals surface area contributed by atoms with Crippen LogP contribution in [-0.4, -0.2) is 54.4 Å². The SMILES string of the molecule is CCc1nc(SCC(=O)N2CCC(c3nccn3CC3CC3)CC2)n[nH]1. The highest BCUT2D eigenvalue weighted by Crippen LogP contribution is 2.33. The predicted molar refractivity (Wildman–Crippen MR) is 100.0 cm³/mol. The maximum atomic E-state index is 12.5. The van der Waals surface area contributed by atoms with Crippen molar-refractivity contribution in [2.24, 2.45) is 5.92 Å². The normalized spacial score (nSPS) is 18.4. The highest BCUT2D eigenvalue weighted by molar-refractivity contribution is 7.99. The lowest BCUT2D eigenvalue weighted by Gasteiger charge is -2.32. The van der Waals surface area contributed by atoms with Gasteiger partial charge in [-0.1, -0.05) is 18.7 Å². The molecule has 2 fully saturated rings. The summed E-state index contributed by atoms with van der Waals surface area (Å²) in [6.45, 7) is 4.77. The first-order chi connectivity index (χ1) is 12.7. The van der Waals surface area contributed by atoms with Crippen LogP contribution in [-0.2, 0) is 17.8 Å². The van der Waals surface area contributed by atoms with Crippen molar-refractivity contribution in [3.8, 4) is 0 Å². The Balaban J connectivity index is 1.26. The van der Waals surface area contributed by atoms with Gasteiger partial charge in [0.1, 0.15) is 11.6 Å². The van der Waals surface area contributed by atoms with Crippen LogP contribution in [0.15, 0.2) is 17.6 Å². The number of H-pyrrole nitrogens is 1. The predicted octanol–water partition coefficient (Wildman–Crippen LogP) is 2.47. The molecule has 3 heterocycles. The van der Waals surface area contributed by atoms with Crippen molar-refractivity contribution in [2.45, 2.75) is 56.6 Å². The Morgan fingerprint density at radius 1 is 1.31 bits per heavy atom. The first-order valence-corrected chi connectivity index (χ1v) is 10.5. The van der Waals surface area contributed by atoms with Crippen molar-refractivity contribution in [1.82, 2.24) is 29.6 Å². The third kappa shape index (κ3) is 4.11. The molecule has 0 radical (unpaired) electrons. The van der Waals surface area contributed by atoms with Gasteiger partial charge >= 0.3 is 0 Å². The van der Waals surface area contributed by atoms with E-state index in [1.54, 1.807) is 0 Å². The molecule has 2 aliphatic rings. The lowest BCUT2D eigenvalue weighted by molar-refractivity contribution is -0.129. The Hall–Kier alpha value is -1.83. The average molecular weight is 375 g/mol. The van der Waals surface area contributed by atoms with Crippen LogP contribution in [0.25, 0.3) is 0 Å². The molecule has 26 heavy (non-hydrogen) atoms. The quantitative estimate of drug-likeness (QED) is 0.753. The van der Waals surface area contributed by atoms with Gasteiger partial charge < -0.3 is 9.47 Å². The Labute approximate surface area is 158 Å². The van der Waals surface area contributed by atoms with E-state index in [4.69, 9.17) is 0 Å². The molecule has 1 N–H and O–H groups in total. The van der Waals surface area contributed by atoms with Gasteiger partial charge in [0.15, 0.2) is 0 Å². The lowest BCUT2D eigenvalue weighted by atomic mass is 9.96. The summed E-state index contributed by atoms with van der Waals surface area (Å²) in [7, 11) is 0. The fourth-order valence-electron chi connectivity index (χ4n) is 3.52. The molecule has 8 heteroatoms. The summed E-state index contributed by atoms with van der Waals surface area (Å²) < 4.78 is 2.34. The number of piperidine rings is 1. The van der Waals surface area contributed by atoms with Gasteiger partial charge in [0.25, 0.3) is 0 Å². The number of carbonyl (C=O) groups is 1. The minimum Gasteiger partial charge on any atom is -0.342 e. The standard InChI is InChI=1S/C18H26N6OS/c1-2-15-20-18(22-21-15)26-12-16(25)23-8-5-14(6-9-23)17-19-7-10-24(17)11-13-3-4-13/h7,10,13-14H,2-6,8-9,11-12H2,1H3,(H,20,21,22). The zero-order chi connectivity index (χ0) is 17.9. The second-order valence-electron chi connectivity index (χ2n) is 7.24. The van der Waals surface area contributed by atoms with Gasteiger partial charge in [-0.2, -0.15) is 0 Å². The number of likely N-dealkylation sites (tertiary alicyclic amines) is 1. The number of aromatic amines is 1. The fraction of sp³-hybridized carbons (Fsp3) is 0.667. The highest BCUT2D eigenvalue weighted by Gasteiger charge is 2.28. The number of aromatic nitrogens is 5. The van der Waals surface area contributed by atoms with E-state index in [1.165, 1.54) is 30.4 Å². The molecule has 1 aliphatic carbocycles. The summed E-state index contributed by atoms with van der Waals surface area (Å²) in [4.78, 5) is 23.4. The van der Waals surface area contributed by atoms with Crippen molar-refractivity contribution in [2.75, 3.05) is 18.8 Å². The average Bonchev–Trinajstić information content (AvgIpc) is 3.18. The van der Waals surface area contributed by atoms with Crippen LogP contribution in [0.4, 0.5) is 0 Å². The molecule has 140 valence electrons. The maximum absolute atomic E-state index is 12.5. The van der Waals surface area contributed by atoms with Gasteiger partial charge in [0.05, 0.1) is 5.75 Å². The second kappa shape index (κ2) is 7.82. The molecule has 1 saturated carbocycles. The van der Waals surface area contributed by atoms with E-state index >= 15 is 0 Å². The monoisotopic (exact) mass is 374 g/mol. The minimum absolute atomic E-state index is 0.178. The number of thioether (sulfide) groups is 1. The summed E-state index contributed by atoms with van der Waals surface area (Å²) >= 11 is 1.41. The van der Waals surface area contributed by atoms with E-state index in [1.807, 2.05) is 18.0 Å². The molecule has 2 aromatic rings. The van der Waals surface area contributed by atoms with Crippen molar-refractivity contribution in [3.05, 3.63) is 24.0 Å². The third-order valence-electron chi connectivity index (χ3n) is 5.28. The van der Waals surface area contributed by atoms with Crippen LogP contribution >= 0.6 is 11.8 Å². The molecular weight excluding hydrogens is 348 g/mol. The number of carbonyl (C=O) groups excluding carboxylic acids is 1. The topological polar surface area (TPSA) is 79.7 Å². The number of hydrogen-bond donors (Lipinski definition) is 1. The smallest absolute Gasteiger partial charge is 0.233 e. The highest BCUT2D eigenvalue weighted by atomic mass is 32.2. The van der Waals surface area contributed by atoms with Crippen LogP contribution in [0, 0.1) is 5.92 Å². The van der Waals surface area contributed by atoms with Crippen LogP contribution in [0.5, 0.6) is 0 Å². The number of nitrogens with one attached hydrogen (secondary N) is 1. The molecule has 0 unspecified atom stereocenters. The number of nitrogens with zero attached hydrogens (tertiary/aromatic N) is 5. The van der Waals surface area contributed by atoms with Gasteiger partial charge in [-0.25, -0.2) is 9.97 Å². The van der Waals surface area contributed by atoms with Crippen molar-refractivity contribution < 1.29 is 4.79 Å². The molecule has 2 aromatic heterocycles. The summed E-state index contributed by atoms with van der Waals surface area (Å²) in [5.41, 5.74) is 0. The molecule has 1 amide bonds. The van der Waals surface area contributed by atoms with Crippen molar-refractivity contribution in [1.29, 1.82) is 0 Å². The Morgan fingerprint density at radius 3 is 2.81 bits per heavy atom. The van der Waals surface area contributed by atoms with Crippen molar-refractivity contribution >= 4 is 17.7 Å². The van der Waals surface area contributed by atoms with E-state index < -0.39 is 0 Å². The van der Waals surface area contributed by atoms with E-state index in [9.17, 15) is 4.79 Å². The summed E-state index contributed by atoms with van der Waals surface area (Å²) in [6, 6.07) is 0. The van der Waals surface area contributed by atoms with Crippen LogP contribution in [0.3, 0.4) is 0 Å². The van der Waals surface area contributed by atoms with E-state index in [-0.39, 0.29) is 5.91 Å². The van der Waals surface area contributed by atoms with Crippen LogP contribution in [0.1, 0.15) is 50.2 Å². The van der Waals surface area contributed by atoms with Crippen molar-refractivity contribution in [3.63, 3.8) is 0 Å². The van der Waals surface area contributed by atoms with E-state index in [0.717, 1.165) is 50.6 Å². The third-order valence-corrected chi connectivity index (χ3v) is 6.12. The van der Waals surface area contributed by atoms with Gasteiger partial charge in [-0.05, 0) is 31.6 Å². The Kier molecular flexibility index (Phi) is 5.28. The van der Waals surface area contributed by atoms with Gasteiger partial charge in [0.2, 0.25) is 11.1 Å². The fourth-order valence-corrected chi connectivity index (χ4v) is 4.24. The van der Waals surface area contributed by atoms with Crippen LogP contribution < -0.4 is 0 Å². The molecule has 0 spiro atoms. The molecule has 0 atom stereocenters. The van der Waals surface area contributed by atoms with Gasteiger partial charge in [-0.3, -0.25) is 9.89 Å². The number of hydrogen-bond acceptors (Lipinski definition) is 5. The van der Waals surface area contributed by atoms with Gasteiger partial charge in [-0.15, -0.1) is 5.10 Å². The zero-order valence-corrected chi connectivity index (χ0v) is 16.0. The zero-order valence-electron chi connectivity index (χ0n) is 15.2. The maximum Gasteiger partial charge on any atom is 0.233 e. The molecule has 1 aliphatic heterocycles. The minimum atomic E-state index is 0.178. The second-order valence-corrected chi connectivity index (χ2v) is 8.19. The Morgan fingerprint density at radius 2 is 2.12 bits per heavy atom. The van der Waals surface area contributed by atoms with Crippen LogP contribution in [0.2, 0.25) is 0 Å². The summed E-state index contributed by atoms with van der Waals surface area (Å²) in [5.74, 6) is 3.99. The molecule has 0 bridgehead atoms. The number of rotatable bonds is 7.